The molecule has 0 amide bonds. The summed E-state index contributed by atoms with van der Waals surface area (Å²) in [4.78, 5) is 20.0. The van der Waals surface area contributed by atoms with E-state index in [1.165, 1.54) is 24.8 Å². The molecule has 0 aliphatic rings. The molecule has 4 rings (SSSR count). The molecule has 0 aliphatic heterocycles. The van der Waals surface area contributed by atoms with E-state index in [0.717, 1.165) is 39.8 Å². The number of anilines is 1. The van der Waals surface area contributed by atoms with Crippen LogP contribution < -0.4 is 10.1 Å². The number of carboxylic acids is 1. The minimum Gasteiger partial charge on any atom is -0.493 e. The Balaban J connectivity index is 1.51. The number of nitrogens with zero attached hydrogens (tertiary/aromatic N) is 2. The van der Waals surface area contributed by atoms with Gasteiger partial charge in [0.1, 0.15) is 12.1 Å². The van der Waals surface area contributed by atoms with Crippen molar-refractivity contribution < 1.29 is 19.0 Å². The molecule has 8 heteroatoms. The van der Waals surface area contributed by atoms with Gasteiger partial charge in [-0.05, 0) is 64.4 Å². The van der Waals surface area contributed by atoms with Gasteiger partial charge in [0.05, 0.1) is 23.9 Å². The second kappa shape index (κ2) is 10.8. The number of carboxylic acid groups (broad SMARTS) is 1. The number of aliphatic carboxylic acids is 1. The van der Waals surface area contributed by atoms with Gasteiger partial charge in [-0.15, -0.1) is 11.3 Å². The zero-order valence-electron chi connectivity index (χ0n) is 20.0. The summed E-state index contributed by atoms with van der Waals surface area (Å²) in [5.41, 5.74) is 4.30. The zero-order valence-corrected chi connectivity index (χ0v) is 20.8. The van der Waals surface area contributed by atoms with Gasteiger partial charge in [0, 0.05) is 18.2 Å². The van der Waals surface area contributed by atoms with Gasteiger partial charge in [-0.25, -0.2) is 14.4 Å². The number of carbonyl (C=O) groups is 1. The number of halogens is 1. The number of benzene rings is 2. The molecule has 2 aromatic heterocycles. The van der Waals surface area contributed by atoms with Crippen molar-refractivity contribution in [3.63, 3.8) is 0 Å². The molecule has 2 N–H and O–H groups in total. The average molecular weight is 494 g/mol. The lowest BCUT2D eigenvalue weighted by atomic mass is 9.93. The third-order valence-corrected chi connectivity index (χ3v) is 6.68. The highest BCUT2D eigenvalue weighted by molar-refractivity contribution is 7.17. The van der Waals surface area contributed by atoms with Crippen LogP contribution in [0.2, 0.25) is 0 Å². The molecule has 0 radical (unpaired) electrons. The van der Waals surface area contributed by atoms with E-state index in [0.29, 0.717) is 29.4 Å². The third-order valence-electron chi connectivity index (χ3n) is 5.76. The highest BCUT2D eigenvalue weighted by Gasteiger charge is 2.15. The van der Waals surface area contributed by atoms with Crippen molar-refractivity contribution in [3.8, 4) is 17.0 Å². The van der Waals surface area contributed by atoms with Crippen molar-refractivity contribution in [2.24, 2.45) is 5.92 Å². The summed E-state index contributed by atoms with van der Waals surface area (Å²) >= 11 is 1.36. The summed E-state index contributed by atoms with van der Waals surface area (Å²) in [6.07, 6.45) is 2.86. The number of methoxy groups -OCH3 is 1. The molecule has 2 aromatic carbocycles. The molecule has 0 unspecified atom stereocenters. The summed E-state index contributed by atoms with van der Waals surface area (Å²) in [5, 5.41) is 15.3. The maximum atomic E-state index is 14.8. The Morgan fingerprint density at radius 1 is 1.14 bits per heavy atom. The van der Waals surface area contributed by atoms with E-state index in [2.05, 4.69) is 29.1 Å². The maximum Gasteiger partial charge on any atom is 0.307 e. The second-order valence-corrected chi connectivity index (χ2v) is 9.76. The van der Waals surface area contributed by atoms with Gasteiger partial charge in [0.25, 0.3) is 0 Å². The van der Waals surface area contributed by atoms with Crippen molar-refractivity contribution in [1.29, 1.82) is 0 Å². The highest BCUT2D eigenvalue weighted by Crippen LogP contribution is 2.34. The number of ether oxygens (including phenoxy) is 1. The number of rotatable bonds is 10. The molecule has 0 atom stereocenters. The number of nitrogens with one attached hydrogen (secondary N) is 1. The molecule has 0 aliphatic carbocycles. The normalized spacial score (nSPS) is 11.2. The van der Waals surface area contributed by atoms with Crippen LogP contribution in [-0.4, -0.2) is 34.7 Å². The summed E-state index contributed by atoms with van der Waals surface area (Å²) < 4.78 is 20.7. The van der Waals surface area contributed by atoms with Crippen LogP contribution in [0.4, 0.5) is 10.2 Å². The largest absolute Gasteiger partial charge is 0.493 e. The molecule has 35 heavy (non-hydrogen) atoms. The lowest BCUT2D eigenvalue weighted by Gasteiger charge is -2.14. The van der Waals surface area contributed by atoms with E-state index >= 15 is 0 Å². The van der Waals surface area contributed by atoms with E-state index < -0.39 is 5.97 Å². The van der Waals surface area contributed by atoms with E-state index in [9.17, 15) is 14.3 Å². The molecule has 0 bridgehead atoms. The van der Waals surface area contributed by atoms with Crippen LogP contribution in [0, 0.1) is 11.7 Å². The number of thiophene rings is 1. The Morgan fingerprint density at radius 2 is 1.97 bits per heavy atom. The predicted octanol–water partition coefficient (Wildman–Crippen LogP) is 5.99. The number of aromatic nitrogens is 2. The predicted molar refractivity (Wildman–Crippen MR) is 138 cm³/mol. The van der Waals surface area contributed by atoms with Gasteiger partial charge in [-0.1, -0.05) is 26.0 Å². The topological polar surface area (TPSA) is 84.3 Å². The SMILES string of the molecule is COc1c(CCNc2cc(-c3ccc(CC(=O)O)c(CC(C)C)c3)ncn2)cc2ccsc2c1F. The summed E-state index contributed by atoms with van der Waals surface area (Å²) in [6, 6.07) is 11.5. The highest BCUT2D eigenvalue weighted by atomic mass is 32.1. The lowest BCUT2D eigenvalue weighted by Crippen LogP contribution is -2.08. The smallest absolute Gasteiger partial charge is 0.307 e. The molecule has 0 saturated heterocycles. The van der Waals surface area contributed by atoms with Gasteiger partial charge < -0.3 is 15.2 Å². The molecular weight excluding hydrogens is 465 g/mol. The first kappa shape index (κ1) is 24.6. The summed E-state index contributed by atoms with van der Waals surface area (Å²) in [5.74, 6) is 0.180. The number of hydrogen-bond donors (Lipinski definition) is 2. The van der Waals surface area contributed by atoms with Gasteiger partial charge in [-0.3, -0.25) is 4.79 Å². The monoisotopic (exact) mass is 493 g/mol. The van der Waals surface area contributed by atoms with Crippen molar-refractivity contribution in [1.82, 2.24) is 9.97 Å². The standard InChI is InChI=1S/C27H28FN3O3S/c1-16(2)10-21-11-18(5-4-17(21)13-24(32)33)22-14-23(31-15-30-22)29-8-6-19-12-20-7-9-35-27(20)25(28)26(19)34-3/h4-5,7,9,11-12,14-16H,6,8,10,13H2,1-3H3,(H,32,33)(H,29,30,31). The van der Waals surface area contributed by atoms with E-state index in [1.807, 2.05) is 41.8 Å². The lowest BCUT2D eigenvalue weighted by molar-refractivity contribution is -0.136. The fourth-order valence-electron chi connectivity index (χ4n) is 4.20. The molecule has 2 heterocycles. The molecule has 182 valence electrons. The van der Waals surface area contributed by atoms with Crippen LogP contribution in [0.15, 0.2) is 48.1 Å². The van der Waals surface area contributed by atoms with Crippen LogP contribution in [0.3, 0.4) is 0 Å². The Kier molecular flexibility index (Phi) is 7.60. The fourth-order valence-corrected chi connectivity index (χ4v) is 5.01. The molecule has 6 nitrogen and oxygen atoms in total. The average Bonchev–Trinajstić information content (AvgIpc) is 3.29. The van der Waals surface area contributed by atoms with Crippen LogP contribution in [0.5, 0.6) is 5.75 Å². The van der Waals surface area contributed by atoms with E-state index in [1.54, 1.807) is 0 Å². The second-order valence-electron chi connectivity index (χ2n) is 8.84. The molecule has 0 saturated carbocycles. The number of fused-ring (bicyclic) bond motifs is 1. The van der Waals surface area contributed by atoms with Gasteiger partial charge in [0.2, 0.25) is 0 Å². The Labute approximate surface area is 207 Å². The quantitative estimate of drug-likeness (QED) is 0.282. The zero-order chi connectivity index (χ0) is 24.9. The molecule has 4 aromatic rings. The molecule has 0 fully saturated rings. The van der Waals surface area contributed by atoms with E-state index in [-0.39, 0.29) is 18.0 Å². The van der Waals surface area contributed by atoms with Crippen molar-refractivity contribution in [3.05, 3.63) is 70.6 Å². The van der Waals surface area contributed by atoms with Gasteiger partial charge in [0.15, 0.2) is 11.6 Å². The molecular formula is C27H28FN3O3S. The fraction of sp³-hybridized carbons (Fsp3) is 0.296. The summed E-state index contributed by atoms with van der Waals surface area (Å²) in [7, 11) is 1.49. The van der Waals surface area contributed by atoms with Crippen molar-refractivity contribution in [2.75, 3.05) is 19.0 Å². The van der Waals surface area contributed by atoms with Crippen molar-refractivity contribution >= 4 is 33.2 Å². The Hall–Kier alpha value is -3.52. The number of hydrogen-bond acceptors (Lipinski definition) is 6. The van der Waals surface area contributed by atoms with Gasteiger partial charge >= 0.3 is 5.97 Å². The van der Waals surface area contributed by atoms with E-state index in [4.69, 9.17) is 4.74 Å². The first-order chi connectivity index (χ1) is 16.9. The van der Waals surface area contributed by atoms with Crippen LogP contribution >= 0.6 is 11.3 Å². The first-order valence-electron chi connectivity index (χ1n) is 11.5. The first-order valence-corrected chi connectivity index (χ1v) is 12.4. The van der Waals surface area contributed by atoms with Crippen molar-refractivity contribution in [2.45, 2.75) is 33.1 Å². The third kappa shape index (κ3) is 5.77. The minimum absolute atomic E-state index is 0.000141. The van der Waals surface area contributed by atoms with Crippen LogP contribution in [0.1, 0.15) is 30.5 Å². The van der Waals surface area contributed by atoms with Gasteiger partial charge in [-0.2, -0.15) is 0 Å². The molecule has 0 spiro atoms. The maximum absolute atomic E-state index is 14.8. The summed E-state index contributed by atoms with van der Waals surface area (Å²) in [6.45, 7) is 4.76. The van der Waals surface area contributed by atoms with Crippen LogP contribution in [0.25, 0.3) is 21.3 Å². The Morgan fingerprint density at radius 3 is 2.71 bits per heavy atom. The Bertz CT molecular complexity index is 1350. The minimum atomic E-state index is -0.842. The van der Waals surface area contributed by atoms with Crippen LogP contribution in [-0.2, 0) is 24.1 Å².